The zero-order valence-electron chi connectivity index (χ0n) is 23.8. The molecule has 1 aromatic heterocycles. The highest BCUT2D eigenvalue weighted by Gasteiger charge is 2.31. The minimum absolute atomic E-state index is 0.0744. The molecular weight excluding hydrogens is 504 g/mol. The van der Waals surface area contributed by atoms with Crippen LogP contribution in [0.25, 0.3) is 22.9 Å². The molecule has 0 saturated carbocycles. The number of hydrogen-bond acceptors (Lipinski definition) is 5. The molecule has 2 heterocycles. The summed E-state index contributed by atoms with van der Waals surface area (Å²) < 4.78 is 1.96. The standard InChI is InChI=1S/C35H36N6/c1-27-12-9-13-28(2)33(27)41-35(36-37-38-41)34(32-20-10-19-31(26-32)30-17-7-4-8-18-30)40-24-22-39(23-25-40)21-11-16-29-14-5-3-6-15-29/h3-20,26,34H,21-25H2,1-2H3/t34-/m1/s1. The minimum atomic E-state index is -0.0744. The Morgan fingerprint density at radius 1 is 0.732 bits per heavy atom. The molecular formula is C35H36N6. The zero-order chi connectivity index (χ0) is 28.0. The predicted octanol–water partition coefficient (Wildman–Crippen LogP) is 6.37. The first-order valence-electron chi connectivity index (χ1n) is 14.4. The molecule has 0 unspecified atom stereocenters. The molecule has 1 aliphatic rings. The first-order valence-corrected chi connectivity index (χ1v) is 14.4. The number of para-hydroxylation sites is 1. The van der Waals surface area contributed by atoms with Crippen LogP contribution >= 0.6 is 0 Å². The monoisotopic (exact) mass is 540 g/mol. The van der Waals surface area contributed by atoms with Gasteiger partial charge in [0.05, 0.1) is 11.7 Å². The van der Waals surface area contributed by atoms with Crippen LogP contribution in [-0.4, -0.2) is 62.7 Å². The van der Waals surface area contributed by atoms with Crippen molar-refractivity contribution in [1.82, 2.24) is 30.0 Å². The van der Waals surface area contributed by atoms with Gasteiger partial charge in [-0.2, -0.15) is 4.68 Å². The lowest BCUT2D eigenvalue weighted by atomic mass is 9.97. The molecule has 1 atom stereocenters. The van der Waals surface area contributed by atoms with Crippen LogP contribution in [0.3, 0.4) is 0 Å². The summed E-state index contributed by atoms with van der Waals surface area (Å²) in [6.45, 7) is 9.02. The molecule has 6 nitrogen and oxygen atoms in total. The van der Waals surface area contributed by atoms with E-state index < -0.39 is 0 Å². The number of hydrogen-bond donors (Lipinski definition) is 0. The number of aromatic nitrogens is 4. The number of nitrogens with zero attached hydrogens (tertiary/aromatic N) is 6. The van der Waals surface area contributed by atoms with Gasteiger partial charge < -0.3 is 0 Å². The molecule has 6 rings (SSSR count). The molecule has 1 fully saturated rings. The number of tetrazole rings is 1. The van der Waals surface area contributed by atoms with Gasteiger partial charge in [-0.15, -0.1) is 5.10 Å². The van der Waals surface area contributed by atoms with E-state index in [2.05, 4.69) is 154 Å². The second-order valence-corrected chi connectivity index (χ2v) is 10.7. The summed E-state index contributed by atoms with van der Waals surface area (Å²) in [7, 11) is 0. The topological polar surface area (TPSA) is 50.1 Å². The molecule has 0 amide bonds. The fourth-order valence-corrected chi connectivity index (χ4v) is 5.81. The van der Waals surface area contributed by atoms with Gasteiger partial charge in [-0.3, -0.25) is 9.80 Å². The molecule has 6 heteroatoms. The summed E-state index contributed by atoms with van der Waals surface area (Å²) in [6, 6.07) is 36.2. The van der Waals surface area contributed by atoms with Gasteiger partial charge in [0.1, 0.15) is 0 Å². The molecule has 4 aromatic carbocycles. The number of aryl methyl sites for hydroxylation is 2. The maximum atomic E-state index is 4.67. The summed E-state index contributed by atoms with van der Waals surface area (Å²) in [4.78, 5) is 5.05. The van der Waals surface area contributed by atoms with Crippen LogP contribution in [0.4, 0.5) is 0 Å². The van der Waals surface area contributed by atoms with E-state index >= 15 is 0 Å². The van der Waals surface area contributed by atoms with Gasteiger partial charge in [0.2, 0.25) is 0 Å². The van der Waals surface area contributed by atoms with Gasteiger partial charge in [0.15, 0.2) is 5.82 Å². The summed E-state index contributed by atoms with van der Waals surface area (Å²) in [5, 5.41) is 13.4. The highest BCUT2D eigenvalue weighted by molar-refractivity contribution is 5.64. The Morgan fingerprint density at radius 3 is 2.12 bits per heavy atom. The molecule has 0 aliphatic carbocycles. The lowest BCUT2D eigenvalue weighted by Gasteiger charge is -2.38. The molecule has 1 saturated heterocycles. The Morgan fingerprint density at radius 2 is 1.39 bits per heavy atom. The number of rotatable bonds is 8. The molecule has 1 aliphatic heterocycles. The summed E-state index contributed by atoms with van der Waals surface area (Å²) in [5.41, 5.74) is 8.22. The zero-order valence-corrected chi connectivity index (χ0v) is 23.8. The van der Waals surface area contributed by atoms with E-state index in [0.717, 1.165) is 55.4 Å². The maximum Gasteiger partial charge on any atom is 0.178 e. The second kappa shape index (κ2) is 12.4. The van der Waals surface area contributed by atoms with Crippen LogP contribution in [0.5, 0.6) is 0 Å². The van der Waals surface area contributed by atoms with E-state index in [0.29, 0.717) is 0 Å². The van der Waals surface area contributed by atoms with Crippen molar-refractivity contribution < 1.29 is 0 Å². The lowest BCUT2D eigenvalue weighted by Crippen LogP contribution is -2.48. The second-order valence-electron chi connectivity index (χ2n) is 10.7. The van der Waals surface area contributed by atoms with Crippen LogP contribution in [-0.2, 0) is 0 Å². The smallest absolute Gasteiger partial charge is 0.178 e. The van der Waals surface area contributed by atoms with Gasteiger partial charge in [0, 0.05) is 32.7 Å². The van der Waals surface area contributed by atoms with Crippen LogP contribution < -0.4 is 0 Å². The van der Waals surface area contributed by atoms with Gasteiger partial charge >= 0.3 is 0 Å². The van der Waals surface area contributed by atoms with Crippen molar-refractivity contribution in [3.8, 4) is 16.8 Å². The van der Waals surface area contributed by atoms with Crippen LogP contribution in [0, 0.1) is 13.8 Å². The summed E-state index contributed by atoms with van der Waals surface area (Å²) >= 11 is 0. The van der Waals surface area contributed by atoms with E-state index in [9.17, 15) is 0 Å². The Hall–Kier alpha value is -4.39. The molecule has 206 valence electrons. The highest BCUT2D eigenvalue weighted by atomic mass is 15.6. The van der Waals surface area contributed by atoms with Crippen LogP contribution in [0.1, 0.15) is 34.1 Å². The van der Waals surface area contributed by atoms with Gasteiger partial charge in [-0.25, -0.2) is 0 Å². The quantitative estimate of drug-likeness (QED) is 0.229. The van der Waals surface area contributed by atoms with Gasteiger partial charge in [-0.05, 0) is 63.7 Å². The van der Waals surface area contributed by atoms with E-state index in [1.165, 1.54) is 22.3 Å². The molecule has 0 N–H and O–H groups in total. The van der Waals surface area contributed by atoms with Crippen molar-refractivity contribution in [3.05, 3.63) is 137 Å². The van der Waals surface area contributed by atoms with Crippen molar-refractivity contribution in [2.45, 2.75) is 19.9 Å². The van der Waals surface area contributed by atoms with Gasteiger partial charge in [-0.1, -0.05) is 109 Å². The van der Waals surface area contributed by atoms with E-state index in [1.54, 1.807) is 0 Å². The van der Waals surface area contributed by atoms with E-state index in [4.69, 9.17) is 0 Å². The largest absolute Gasteiger partial charge is 0.297 e. The van der Waals surface area contributed by atoms with Crippen molar-refractivity contribution in [2.75, 3.05) is 32.7 Å². The number of benzene rings is 4. The minimum Gasteiger partial charge on any atom is -0.297 e. The average Bonchev–Trinajstić information content (AvgIpc) is 3.48. The Labute approximate surface area is 242 Å². The fourth-order valence-electron chi connectivity index (χ4n) is 5.81. The Kier molecular flexibility index (Phi) is 8.12. The fraction of sp³-hybridized carbons (Fsp3) is 0.229. The predicted molar refractivity (Wildman–Crippen MR) is 166 cm³/mol. The van der Waals surface area contributed by atoms with Crippen LogP contribution in [0.15, 0.2) is 109 Å². The van der Waals surface area contributed by atoms with E-state index in [-0.39, 0.29) is 6.04 Å². The Bertz CT molecular complexity index is 1580. The Balaban J connectivity index is 1.31. The normalized spacial score (nSPS) is 15.4. The van der Waals surface area contributed by atoms with Crippen molar-refractivity contribution >= 4 is 6.08 Å². The molecule has 5 aromatic rings. The number of piperazine rings is 1. The maximum absolute atomic E-state index is 4.67. The van der Waals surface area contributed by atoms with Crippen molar-refractivity contribution in [2.24, 2.45) is 0 Å². The van der Waals surface area contributed by atoms with E-state index in [1.807, 2.05) is 4.68 Å². The van der Waals surface area contributed by atoms with Crippen molar-refractivity contribution in [3.63, 3.8) is 0 Å². The van der Waals surface area contributed by atoms with Crippen molar-refractivity contribution in [1.29, 1.82) is 0 Å². The third kappa shape index (κ3) is 6.04. The third-order valence-electron chi connectivity index (χ3n) is 7.94. The third-order valence-corrected chi connectivity index (χ3v) is 7.94. The average molecular weight is 541 g/mol. The summed E-state index contributed by atoms with van der Waals surface area (Å²) in [6.07, 6.45) is 4.48. The van der Waals surface area contributed by atoms with Crippen LogP contribution in [0.2, 0.25) is 0 Å². The first-order chi connectivity index (χ1) is 20.2. The summed E-state index contributed by atoms with van der Waals surface area (Å²) in [5.74, 6) is 0.852. The van der Waals surface area contributed by atoms with Gasteiger partial charge in [0.25, 0.3) is 0 Å². The lowest BCUT2D eigenvalue weighted by molar-refractivity contribution is 0.113. The highest BCUT2D eigenvalue weighted by Crippen LogP contribution is 2.33. The molecule has 41 heavy (non-hydrogen) atoms. The molecule has 0 radical (unpaired) electrons. The SMILES string of the molecule is Cc1cccc(C)c1-n1nnnc1[C@@H](c1cccc(-c2ccccc2)c1)N1CCN(CC=Cc2ccccc2)CC1. The molecule has 0 bridgehead atoms. The first kappa shape index (κ1) is 26.8. The molecule has 0 spiro atoms.